The maximum Gasteiger partial charge on any atom is 0.200 e. The largest absolute Gasteiger partial charge is 0.494 e. The van der Waals surface area contributed by atoms with Crippen molar-refractivity contribution in [2.45, 2.75) is 6.42 Å². The van der Waals surface area contributed by atoms with Crippen LogP contribution in [0.1, 0.15) is 11.1 Å². The molecule has 2 aromatic carbocycles. The third-order valence-corrected chi connectivity index (χ3v) is 3.30. The van der Waals surface area contributed by atoms with Crippen molar-refractivity contribution in [3.8, 4) is 5.75 Å². The van der Waals surface area contributed by atoms with Crippen molar-refractivity contribution in [1.82, 2.24) is 0 Å². The van der Waals surface area contributed by atoms with Crippen LogP contribution in [0.2, 0.25) is 5.02 Å². The first-order valence-electron chi connectivity index (χ1n) is 5.79. The zero-order valence-corrected chi connectivity index (χ0v) is 11.4. The molecule has 0 unspecified atom stereocenters. The highest BCUT2D eigenvalue weighted by molar-refractivity contribution is 6.34. The van der Waals surface area contributed by atoms with Gasteiger partial charge in [-0.3, -0.25) is 0 Å². The maximum absolute atomic E-state index is 13.9. The van der Waals surface area contributed by atoms with Crippen molar-refractivity contribution in [2.75, 3.05) is 7.11 Å². The van der Waals surface area contributed by atoms with Gasteiger partial charge in [0.25, 0.3) is 0 Å². The van der Waals surface area contributed by atoms with E-state index in [2.05, 4.69) is 0 Å². The van der Waals surface area contributed by atoms with Gasteiger partial charge in [-0.2, -0.15) is 4.39 Å². The molecule has 0 heterocycles. The maximum atomic E-state index is 13.9. The molecule has 1 nitrogen and oxygen atoms in total. The van der Waals surface area contributed by atoms with E-state index in [0.717, 1.165) is 11.0 Å². The molecule has 0 aromatic heterocycles. The van der Waals surface area contributed by atoms with Crippen molar-refractivity contribution in [2.24, 2.45) is 0 Å². The summed E-state index contributed by atoms with van der Waals surface area (Å²) in [6, 6.07) is 8.41. The molecular weight excluding hydrogens is 268 g/mol. The van der Waals surface area contributed by atoms with E-state index in [0.29, 0.717) is 5.02 Å². The summed E-state index contributed by atoms with van der Waals surface area (Å²) in [5.41, 5.74) is 2.05. The zero-order valence-electron chi connectivity index (χ0n) is 10.6. The number of ether oxygens (including phenoxy) is 1. The standard InChI is InChI=1S/C14H12BClF2O/c1-19-12-5-2-8(13(17)14(12)18)6-9-7-10(15)3-4-11(9)16/h2-5,7H,6,15H2,1H3. The fourth-order valence-corrected chi connectivity index (χ4v) is 2.09. The summed E-state index contributed by atoms with van der Waals surface area (Å²) >= 11 is 6.06. The van der Waals surface area contributed by atoms with Crippen LogP contribution >= 0.6 is 11.6 Å². The molecule has 2 rings (SSSR count). The minimum absolute atomic E-state index is 0.100. The molecule has 98 valence electrons. The number of benzene rings is 2. The molecule has 0 aliphatic carbocycles. The summed E-state index contributed by atoms with van der Waals surface area (Å²) in [7, 11) is 3.22. The SMILES string of the molecule is Bc1ccc(Cl)c(Cc2ccc(OC)c(F)c2F)c1. The summed E-state index contributed by atoms with van der Waals surface area (Å²) in [6.45, 7) is 0. The quantitative estimate of drug-likeness (QED) is 0.785. The Kier molecular flexibility index (Phi) is 4.10. The molecule has 0 bridgehead atoms. The highest BCUT2D eigenvalue weighted by Crippen LogP contribution is 2.25. The van der Waals surface area contributed by atoms with Gasteiger partial charge in [0, 0.05) is 11.4 Å². The molecular formula is C14H12BClF2O. The van der Waals surface area contributed by atoms with Crippen LogP contribution in [0.5, 0.6) is 5.75 Å². The molecule has 0 fully saturated rings. The van der Waals surface area contributed by atoms with Crippen molar-refractivity contribution >= 4 is 24.9 Å². The first kappa shape index (κ1) is 13.9. The highest BCUT2D eigenvalue weighted by Gasteiger charge is 2.15. The van der Waals surface area contributed by atoms with Gasteiger partial charge in [0.1, 0.15) is 7.85 Å². The summed E-state index contributed by atoms with van der Waals surface area (Å²) < 4.78 is 32.2. The van der Waals surface area contributed by atoms with E-state index in [9.17, 15) is 8.78 Å². The van der Waals surface area contributed by atoms with E-state index in [1.807, 2.05) is 20.0 Å². The van der Waals surface area contributed by atoms with Crippen molar-refractivity contribution in [1.29, 1.82) is 0 Å². The second-order valence-corrected chi connectivity index (χ2v) is 4.73. The van der Waals surface area contributed by atoms with Gasteiger partial charge in [0.15, 0.2) is 11.6 Å². The predicted molar refractivity (Wildman–Crippen MR) is 75.3 cm³/mol. The third-order valence-electron chi connectivity index (χ3n) is 2.93. The van der Waals surface area contributed by atoms with Crippen molar-refractivity contribution < 1.29 is 13.5 Å². The smallest absolute Gasteiger partial charge is 0.200 e. The van der Waals surface area contributed by atoms with Crippen LogP contribution in [-0.4, -0.2) is 15.0 Å². The fraction of sp³-hybridized carbons (Fsp3) is 0.143. The third kappa shape index (κ3) is 2.90. The van der Waals surface area contributed by atoms with Crippen LogP contribution in [0.4, 0.5) is 8.78 Å². The first-order chi connectivity index (χ1) is 9.02. The lowest BCUT2D eigenvalue weighted by Gasteiger charge is -2.09. The molecule has 0 amide bonds. The molecule has 0 aliphatic rings. The van der Waals surface area contributed by atoms with E-state index in [4.69, 9.17) is 16.3 Å². The molecule has 0 saturated heterocycles. The number of hydrogen-bond acceptors (Lipinski definition) is 1. The molecule has 0 spiro atoms. The topological polar surface area (TPSA) is 9.23 Å². The monoisotopic (exact) mass is 280 g/mol. The van der Waals surface area contributed by atoms with Crippen molar-refractivity contribution in [3.05, 3.63) is 58.1 Å². The summed E-state index contributed by atoms with van der Waals surface area (Å²) in [6.07, 6.45) is 0.243. The fourth-order valence-electron chi connectivity index (χ4n) is 1.91. The van der Waals surface area contributed by atoms with E-state index in [1.54, 1.807) is 6.07 Å². The molecule has 2 aromatic rings. The summed E-state index contributed by atoms with van der Waals surface area (Å²) in [5, 5.41) is 0.543. The van der Waals surface area contributed by atoms with E-state index in [-0.39, 0.29) is 17.7 Å². The molecule has 5 heteroatoms. The molecule has 19 heavy (non-hydrogen) atoms. The molecule has 0 saturated carbocycles. The Balaban J connectivity index is 2.39. The van der Waals surface area contributed by atoms with Crippen LogP contribution in [0.3, 0.4) is 0 Å². The zero-order chi connectivity index (χ0) is 14.0. The number of methoxy groups -OCH3 is 1. The lowest BCUT2D eigenvalue weighted by Crippen LogP contribution is -2.05. The Hall–Kier alpha value is -1.55. The molecule has 0 radical (unpaired) electrons. The van der Waals surface area contributed by atoms with Crippen LogP contribution in [0.25, 0.3) is 0 Å². The number of rotatable bonds is 3. The lowest BCUT2D eigenvalue weighted by molar-refractivity contribution is 0.370. The molecule has 0 N–H and O–H groups in total. The molecule has 0 atom stereocenters. The average Bonchev–Trinajstić information content (AvgIpc) is 2.39. The highest BCUT2D eigenvalue weighted by atomic mass is 35.5. The van der Waals surface area contributed by atoms with Gasteiger partial charge in [-0.1, -0.05) is 35.3 Å². The predicted octanol–water partition coefficient (Wildman–Crippen LogP) is 2.48. The van der Waals surface area contributed by atoms with Gasteiger partial charge in [-0.05, 0) is 23.3 Å². The van der Waals surface area contributed by atoms with Gasteiger partial charge in [0.2, 0.25) is 5.82 Å². The second-order valence-electron chi connectivity index (χ2n) is 4.33. The minimum atomic E-state index is -0.969. The summed E-state index contributed by atoms with van der Waals surface area (Å²) in [5.74, 6) is -1.96. The normalized spacial score (nSPS) is 10.5. The summed E-state index contributed by atoms with van der Waals surface area (Å²) in [4.78, 5) is 0. The van der Waals surface area contributed by atoms with Crippen LogP contribution < -0.4 is 10.2 Å². The van der Waals surface area contributed by atoms with Crippen LogP contribution in [0, 0.1) is 11.6 Å². The van der Waals surface area contributed by atoms with Gasteiger partial charge < -0.3 is 4.74 Å². The number of hydrogen-bond donors (Lipinski definition) is 0. The number of halogens is 3. The Bertz CT molecular complexity index is 617. The van der Waals surface area contributed by atoms with E-state index >= 15 is 0 Å². The average molecular weight is 281 g/mol. The Labute approximate surface area is 116 Å². The second kappa shape index (κ2) is 5.62. The first-order valence-corrected chi connectivity index (χ1v) is 6.16. The van der Waals surface area contributed by atoms with Gasteiger partial charge >= 0.3 is 0 Å². The van der Waals surface area contributed by atoms with E-state index in [1.165, 1.54) is 19.2 Å². The lowest BCUT2D eigenvalue weighted by atomic mass is 9.92. The Morgan fingerprint density at radius 1 is 1.11 bits per heavy atom. The Morgan fingerprint density at radius 3 is 2.53 bits per heavy atom. The van der Waals surface area contributed by atoms with Gasteiger partial charge in [-0.15, -0.1) is 0 Å². The van der Waals surface area contributed by atoms with Crippen molar-refractivity contribution in [3.63, 3.8) is 0 Å². The minimum Gasteiger partial charge on any atom is -0.494 e. The Morgan fingerprint density at radius 2 is 1.84 bits per heavy atom. The van der Waals surface area contributed by atoms with E-state index < -0.39 is 11.6 Å². The van der Waals surface area contributed by atoms with Crippen LogP contribution in [-0.2, 0) is 6.42 Å². The van der Waals surface area contributed by atoms with Gasteiger partial charge in [0.05, 0.1) is 7.11 Å². The van der Waals surface area contributed by atoms with Gasteiger partial charge in [-0.25, -0.2) is 4.39 Å². The molecule has 0 aliphatic heterocycles. The van der Waals surface area contributed by atoms with Crippen LogP contribution in [0.15, 0.2) is 30.3 Å².